The molecule has 0 amide bonds. The second-order valence-corrected chi connectivity index (χ2v) is 40.9. The predicted molar refractivity (Wildman–Crippen MR) is 433 cm³/mol. The molecule has 0 aromatic rings. The number of hydrogen-bond donors (Lipinski definition) is 20. The van der Waals surface area contributed by atoms with Gasteiger partial charge in [-0.1, -0.05) is 93.7 Å². The van der Waals surface area contributed by atoms with Gasteiger partial charge in [-0.2, -0.15) is 0 Å². The zero-order valence-corrected chi connectivity index (χ0v) is 75.3. The summed E-state index contributed by atoms with van der Waals surface area (Å²) in [5.74, 6) is -4.49. The summed E-state index contributed by atoms with van der Waals surface area (Å²) in [5, 5.41) is 226. The van der Waals surface area contributed by atoms with Crippen molar-refractivity contribution in [1.29, 1.82) is 0 Å². The van der Waals surface area contributed by atoms with Crippen molar-refractivity contribution < 1.29 is 197 Å². The molecule has 40 heteroatoms. The van der Waals surface area contributed by atoms with Crippen molar-refractivity contribution in [2.24, 2.45) is 62.1 Å². The number of rotatable bonds is 31. The molecule has 4 saturated carbocycles. The van der Waals surface area contributed by atoms with E-state index in [9.17, 15) is 112 Å². The molecule has 0 spiro atoms. The molecule has 40 nitrogen and oxygen atoms in total. The molecule has 20 N–H and O–H groups in total. The van der Waals surface area contributed by atoms with Crippen molar-refractivity contribution in [3.05, 3.63) is 11.6 Å². The minimum absolute atomic E-state index is 0.0900. The molecule has 13 rings (SSSR count). The summed E-state index contributed by atoms with van der Waals surface area (Å²) in [6.07, 6.45) is -55.5. The Kier molecular flexibility index (Phi) is 32.0. The summed E-state index contributed by atoms with van der Waals surface area (Å²) < 4.78 is 104. The van der Waals surface area contributed by atoms with Crippen LogP contribution in [0.25, 0.3) is 0 Å². The number of carbonyl (C=O) groups is 3. The number of hydrogen-bond acceptors (Lipinski definition) is 40. The molecule has 0 aromatic carbocycles. The van der Waals surface area contributed by atoms with Gasteiger partial charge < -0.3 is 183 Å². The number of carbonyl (C=O) groups excluding carboxylic acids is 3. The third-order valence-corrected chi connectivity index (χ3v) is 32.4. The van der Waals surface area contributed by atoms with Gasteiger partial charge in [-0.25, -0.2) is 0 Å². The van der Waals surface area contributed by atoms with Crippen molar-refractivity contribution in [3.8, 4) is 0 Å². The van der Waals surface area contributed by atoms with Gasteiger partial charge in [0.1, 0.15) is 127 Å². The number of aliphatic hydroxyl groups is 20. The van der Waals surface area contributed by atoms with Crippen LogP contribution in [0.15, 0.2) is 11.6 Å². The van der Waals surface area contributed by atoms with Crippen molar-refractivity contribution >= 4 is 17.9 Å². The Balaban J connectivity index is 0.775. The molecule has 0 radical (unpaired) electrons. The zero-order valence-electron chi connectivity index (χ0n) is 75.3. The molecular weight excluding hydrogens is 1700 g/mol. The Morgan fingerprint density at radius 2 is 1.06 bits per heavy atom. The first-order valence-corrected chi connectivity index (χ1v) is 45.9. The first kappa shape index (κ1) is 102. The lowest BCUT2D eigenvalue weighted by molar-refractivity contribution is -0.396. The summed E-state index contributed by atoms with van der Waals surface area (Å²) in [7, 11) is 0. The molecule has 8 saturated heterocycles. The first-order valence-electron chi connectivity index (χ1n) is 45.9. The summed E-state index contributed by atoms with van der Waals surface area (Å²) in [6.45, 7) is 20.8. The van der Waals surface area contributed by atoms with Crippen molar-refractivity contribution in [2.75, 3.05) is 39.6 Å². The van der Waals surface area contributed by atoms with Crippen LogP contribution in [0.2, 0.25) is 0 Å². The lowest BCUT2D eigenvalue weighted by Gasteiger charge is -2.71. The largest absolute Gasteiger partial charge is 0.462 e. The van der Waals surface area contributed by atoms with E-state index < -0.39 is 336 Å². The van der Waals surface area contributed by atoms with Crippen LogP contribution >= 0.6 is 0 Å². The van der Waals surface area contributed by atoms with E-state index >= 15 is 4.79 Å². The number of aliphatic hydroxyl groups excluding tert-OH is 19. The van der Waals surface area contributed by atoms with Crippen LogP contribution in [0.4, 0.5) is 0 Å². The molecule has 128 heavy (non-hydrogen) atoms. The molecule has 13 aliphatic rings. The molecule has 0 bridgehead atoms. The third-order valence-electron chi connectivity index (χ3n) is 32.4. The van der Waals surface area contributed by atoms with E-state index in [0.717, 1.165) is 31.3 Å². The second kappa shape index (κ2) is 40.1. The number of fused-ring (bicyclic) bond motifs is 9. The number of esters is 3. The van der Waals surface area contributed by atoms with Crippen LogP contribution in [0.5, 0.6) is 0 Å². The van der Waals surface area contributed by atoms with E-state index in [1.165, 1.54) is 20.8 Å². The third kappa shape index (κ3) is 19.1. The van der Waals surface area contributed by atoms with Crippen molar-refractivity contribution in [3.63, 3.8) is 0 Å². The summed E-state index contributed by atoms with van der Waals surface area (Å²) in [6, 6.07) is 0. The van der Waals surface area contributed by atoms with E-state index in [2.05, 4.69) is 47.6 Å². The molecule has 48 unspecified atom stereocenters. The van der Waals surface area contributed by atoms with E-state index in [4.69, 9.17) is 80.5 Å². The monoisotopic (exact) mass is 1840 g/mol. The quantitative estimate of drug-likeness (QED) is 0.0187. The van der Waals surface area contributed by atoms with Gasteiger partial charge in [0.15, 0.2) is 49.9 Å². The fourth-order valence-corrected chi connectivity index (χ4v) is 23.7. The smallest absolute Gasteiger partial charge is 0.317 e. The highest BCUT2D eigenvalue weighted by atomic mass is 16.8. The van der Waals surface area contributed by atoms with Crippen LogP contribution in [-0.4, -0.2) is 392 Å². The maximum Gasteiger partial charge on any atom is 0.317 e. The van der Waals surface area contributed by atoms with Gasteiger partial charge in [-0.15, -0.1) is 0 Å². The standard InChI is InChI=1S/C88H144O40/c1-14-36(3)46(118-55(97)26-42(93)25-47(37(4)15-2)119-78-71(60(102)49(31-90)121-78)126-75-63(105)61(103)57(99)38(5)115-75)24-41(92)27-56(98)122-69-58(100)39(6)116-79(128-81(110)88-23-22-82(8,9)28-44(88)43-16-17-50-83(10)20-19-54-86(13,53(96)33-112-54)51(83)18-21-84(50,11)85(43,12)29-52(88)95)72(69)127-77-66(108)70(125-76-64(106)62(104)59(101)48(30-89)120-76)67(40(7)117-77)123-74-65(107)68(45(94)32-113-74)124-80-73(109)87(111,34-91)35-114-80/h16,36-42,44-54,57-80,89-96,99-109,111H,14-15,17-35H2,1-13H3. The van der Waals surface area contributed by atoms with Gasteiger partial charge in [-0.05, 0) is 130 Å². The van der Waals surface area contributed by atoms with E-state index in [1.54, 1.807) is 20.8 Å². The molecule has 736 valence electrons. The minimum atomic E-state index is -2.33. The highest BCUT2D eigenvalue weighted by Gasteiger charge is 2.74. The average molecular weight is 1840 g/mol. The Morgan fingerprint density at radius 1 is 0.500 bits per heavy atom. The van der Waals surface area contributed by atoms with E-state index in [0.29, 0.717) is 32.1 Å². The molecule has 0 aromatic heterocycles. The van der Waals surface area contributed by atoms with Gasteiger partial charge in [0.2, 0.25) is 6.29 Å². The number of ether oxygens (including phenoxy) is 17. The molecule has 8 heterocycles. The fraction of sp³-hybridized carbons (Fsp3) is 0.943. The molecule has 48 atom stereocenters. The SMILES string of the molecule is CCC(C)C(CC(O)CC(=O)OC1C(O)C(C)OC(OC(=O)C23CCC(C)(C)CC2C2=CCC4C5(C)CCC6OCC(O)C6(C)C5CCC4(C)C2(C)CC3O)C1OC1OC(C)C(OC2OCC(O)C(OC3OCC(O)(CO)C3O)C2O)C(OC2OC(CO)C(O)C(O)C2O)C1O)OC(=O)CC(O)CC(OC1OC(CO)C(O)C1OC1OC(C)C(O)C(O)C1O)C(C)CC. The van der Waals surface area contributed by atoms with Gasteiger partial charge in [0, 0.05) is 18.3 Å². The van der Waals surface area contributed by atoms with Crippen LogP contribution in [-0.2, 0) is 94.9 Å². The zero-order chi connectivity index (χ0) is 93.6. The van der Waals surface area contributed by atoms with Crippen LogP contribution < -0.4 is 0 Å². The second-order valence-electron chi connectivity index (χ2n) is 40.9. The Morgan fingerprint density at radius 3 is 1.72 bits per heavy atom. The topological polar surface area (TPSA) is 613 Å². The van der Waals surface area contributed by atoms with Crippen molar-refractivity contribution in [1.82, 2.24) is 0 Å². The fourth-order valence-electron chi connectivity index (χ4n) is 23.7. The highest BCUT2D eigenvalue weighted by Crippen LogP contribution is 2.77. The van der Waals surface area contributed by atoms with Crippen LogP contribution in [0.1, 0.15) is 186 Å². The predicted octanol–water partition coefficient (Wildman–Crippen LogP) is -3.01. The highest BCUT2D eigenvalue weighted by molar-refractivity contribution is 5.80. The average Bonchev–Trinajstić information content (AvgIpc) is 0.863. The van der Waals surface area contributed by atoms with E-state index in [1.807, 2.05) is 6.92 Å². The maximum absolute atomic E-state index is 16.5. The lowest BCUT2D eigenvalue weighted by atomic mass is 9.33. The molecule has 5 aliphatic carbocycles. The normalized spacial score (nSPS) is 49.6. The lowest BCUT2D eigenvalue weighted by Crippen LogP contribution is -2.69. The summed E-state index contributed by atoms with van der Waals surface area (Å²) in [4.78, 5) is 45.5. The Labute approximate surface area is 744 Å². The Bertz CT molecular complexity index is 3740. The van der Waals surface area contributed by atoms with Gasteiger partial charge >= 0.3 is 17.9 Å². The van der Waals surface area contributed by atoms with Gasteiger partial charge in [0.05, 0.1) is 107 Å². The maximum atomic E-state index is 16.5. The molecule has 12 fully saturated rings. The molecule has 8 aliphatic heterocycles. The molecular formula is C88H144O40. The number of allylic oxidation sites excluding steroid dienone is 2. The summed E-state index contributed by atoms with van der Waals surface area (Å²) >= 11 is 0. The van der Waals surface area contributed by atoms with E-state index in [-0.39, 0.29) is 55.1 Å². The van der Waals surface area contributed by atoms with Gasteiger partial charge in [-0.3, -0.25) is 14.4 Å². The first-order chi connectivity index (χ1) is 60.1. The summed E-state index contributed by atoms with van der Waals surface area (Å²) in [5.41, 5.74) is -5.21. The van der Waals surface area contributed by atoms with Crippen LogP contribution in [0, 0.1) is 62.1 Å². The Hall–Kier alpha value is -3.21. The van der Waals surface area contributed by atoms with Crippen LogP contribution in [0.3, 0.4) is 0 Å². The van der Waals surface area contributed by atoms with Gasteiger partial charge in [0.25, 0.3) is 0 Å². The van der Waals surface area contributed by atoms with Crippen molar-refractivity contribution in [2.45, 2.75) is 419 Å². The minimum Gasteiger partial charge on any atom is -0.462 e.